The number of imide groups is 1. The minimum Gasteiger partial charge on any atom is -0.325 e. The lowest BCUT2D eigenvalue weighted by Crippen LogP contribution is -2.34. The molecule has 1 atom stereocenters. The summed E-state index contributed by atoms with van der Waals surface area (Å²) < 4.78 is 0. The number of nitro benzene ring substituents is 2. The average Bonchev–Trinajstić information content (AvgIpc) is 2.97. The molecule has 0 aliphatic carbocycles. The molecule has 1 heterocycles. The molecule has 2 aromatic rings. The number of nitrogens with one attached hydrogen (secondary N) is 1. The van der Waals surface area contributed by atoms with E-state index >= 15 is 0 Å². The number of carbonyl (C=O) groups is 3. The van der Waals surface area contributed by atoms with Gasteiger partial charge in [-0.15, -0.1) is 0 Å². The van der Waals surface area contributed by atoms with Crippen LogP contribution >= 0.6 is 0 Å². The quantitative estimate of drug-likeness (QED) is 0.238. The Kier molecular flexibility index (Phi) is 5.18. The van der Waals surface area contributed by atoms with Crippen molar-refractivity contribution in [1.82, 2.24) is 0 Å². The number of amides is 3. The molecule has 1 unspecified atom stereocenters. The smallest absolute Gasteiger partial charge is 0.282 e. The molecule has 13 heteroatoms. The fraction of sp³-hybridized carbons (Fsp3) is 0.0588. The molecule has 3 amide bonds. The number of anilines is 2. The Balaban J connectivity index is 1.93. The van der Waals surface area contributed by atoms with Crippen molar-refractivity contribution < 1.29 is 24.2 Å². The third-order valence-corrected chi connectivity index (χ3v) is 4.19. The number of carbonyl (C=O) groups excluding carboxylic acids is 3. The monoisotopic (exact) mass is 412 g/mol. The number of hydrazone groups is 1. The van der Waals surface area contributed by atoms with E-state index in [0.717, 1.165) is 12.1 Å². The summed E-state index contributed by atoms with van der Waals surface area (Å²) in [7, 11) is 0. The van der Waals surface area contributed by atoms with Gasteiger partial charge in [0.05, 0.1) is 15.5 Å². The van der Waals surface area contributed by atoms with Gasteiger partial charge in [-0.05, 0) is 12.1 Å². The lowest BCUT2D eigenvalue weighted by molar-refractivity contribution is -0.385. The van der Waals surface area contributed by atoms with E-state index in [1.165, 1.54) is 36.4 Å². The van der Waals surface area contributed by atoms with Gasteiger partial charge in [-0.3, -0.25) is 34.6 Å². The highest BCUT2D eigenvalue weighted by molar-refractivity contribution is 6.61. The Morgan fingerprint density at radius 1 is 1.03 bits per heavy atom. The lowest BCUT2D eigenvalue weighted by atomic mass is 10.0. The van der Waals surface area contributed by atoms with Gasteiger partial charge in [0.15, 0.2) is 5.92 Å². The van der Waals surface area contributed by atoms with Gasteiger partial charge in [-0.2, -0.15) is 5.10 Å². The Morgan fingerprint density at radius 3 is 2.23 bits per heavy atom. The van der Waals surface area contributed by atoms with E-state index in [1.54, 1.807) is 0 Å². The Bertz CT molecular complexity index is 1130. The van der Waals surface area contributed by atoms with E-state index < -0.39 is 39.2 Å². The largest absolute Gasteiger partial charge is 0.325 e. The highest BCUT2D eigenvalue weighted by Gasteiger charge is 2.50. The van der Waals surface area contributed by atoms with Crippen molar-refractivity contribution in [1.29, 1.82) is 0 Å². The number of nitrogens with two attached hydrogens (primary N) is 1. The maximum Gasteiger partial charge on any atom is 0.282 e. The van der Waals surface area contributed by atoms with E-state index in [-0.39, 0.29) is 22.7 Å². The summed E-state index contributed by atoms with van der Waals surface area (Å²) in [6, 6.07) is 9.64. The third-order valence-electron chi connectivity index (χ3n) is 4.19. The maximum absolute atomic E-state index is 12.8. The van der Waals surface area contributed by atoms with E-state index in [9.17, 15) is 34.6 Å². The molecule has 1 aliphatic rings. The molecule has 0 radical (unpaired) electrons. The first-order chi connectivity index (χ1) is 14.2. The minimum atomic E-state index is -1.74. The first kappa shape index (κ1) is 20.1. The van der Waals surface area contributed by atoms with E-state index in [0.29, 0.717) is 4.90 Å². The highest BCUT2D eigenvalue weighted by atomic mass is 16.6. The van der Waals surface area contributed by atoms with Gasteiger partial charge < -0.3 is 11.2 Å². The summed E-state index contributed by atoms with van der Waals surface area (Å²) in [5.74, 6) is 0.439. The summed E-state index contributed by atoms with van der Waals surface area (Å²) in [5, 5.41) is 27.4. The molecule has 30 heavy (non-hydrogen) atoms. The molecule has 0 spiro atoms. The third kappa shape index (κ3) is 3.54. The molecule has 0 bridgehead atoms. The fourth-order valence-corrected chi connectivity index (χ4v) is 2.85. The molecule has 3 N–H and O–H groups in total. The van der Waals surface area contributed by atoms with E-state index in [1.807, 2.05) is 0 Å². The van der Waals surface area contributed by atoms with Gasteiger partial charge in [0, 0.05) is 30.0 Å². The van der Waals surface area contributed by atoms with Crippen molar-refractivity contribution >= 4 is 46.2 Å². The van der Waals surface area contributed by atoms with Crippen LogP contribution < -0.4 is 16.1 Å². The maximum atomic E-state index is 12.8. The zero-order chi connectivity index (χ0) is 22.0. The van der Waals surface area contributed by atoms with Gasteiger partial charge in [-0.25, -0.2) is 4.90 Å². The van der Waals surface area contributed by atoms with Crippen LogP contribution in [0.25, 0.3) is 0 Å². The molecular weight excluding hydrogens is 400 g/mol. The first-order valence-corrected chi connectivity index (χ1v) is 8.20. The van der Waals surface area contributed by atoms with Gasteiger partial charge in [0.25, 0.3) is 23.2 Å². The molecule has 152 valence electrons. The molecular formula is C17H12N6O7. The van der Waals surface area contributed by atoms with Crippen LogP contribution in [0.5, 0.6) is 0 Å². The molecule has 0 saturated carbocycles. The number of hydrogen-bond donors (Lipinski definition) is 2. The van der Waals surface area contributed by atoms with Crippen molar-refractivity contribution in [2.75, 3.05) is 10.2 Å². The molecule has 13 nitrogen and oxygen atoms in total. The normalized spacial score (nSPS) is 17.3. The van der Waals surface area contributed by atoms with Crippen LogP contribution in [0.4, 0.5) is 22.7 Å². The summed E-state index contributed by atoms with van der Waals surface area (Å²) in [6.45, 7) is 0. The SMILES string of the molecule is N/N=C1/C(=O)N(c2cccc([N+](=O)[O-])c2)C(=O)C1C(=O)Nc1cccc([N+](=O)[O-])c1. The minimum absolute atomic E-state index is 0.0135. The number of non-ortho nitro benzene ring substituents is 2. The zero-order valence-corrected chi connectivity index (χ0v) is 14.9. The molecule has 1 saturated heterocycles. The summed E-state index contributed by atoms with van der Waals surface area (Å²) in [4.78, 5) is 59.1. The van der Waals surface area contributed by atoms with Crippen LogP contribution in [0.15, 0.2) is 53.6 Å². The zero-order valence-electron chi connectivity index (χ0n) is 14.9. The summed E-state index contributed by atoms with van der Waals surface area (Å²) >= 11 is 0. The summed E-state index contributed by atoms with van der Waals surface area (Å²) in [6.07, 6.45) is 0. The van der Waals surface area contributed by atoms with Crippen LogP contribution in [0.1, 0.15) is 0 Å². The van der Waals surface area contributed by atoms with Crippen LogP contribution in [-0.2, 0) is 14.4 Å². The Morgan fingerprint density at radius 2 is 1.63 bits per heavy atom. The van der Waals surface area contributed by atoms with Crippen LogP contribution in [0.3, 0.4) is 0 Å². The van der Waals surface area contributed by atoms with E-state index in [2.05, 4.69) is 10.4 Å². The summed E-state index contributed by atoms with van der Waals surface area (Å²) in [5.41, 5.74) is -1.36. The van der Waals surface area contributed by atoms with Crippen molar-refractivity contribution in [2.45, 2.75) is 0 Å². The van der Waals surface area contributed by atoms with Crippen molar-refractivity contribution in [2.24, 2.45) is 16.9 Å². The van der Waals surface area contributed by atoms with Crippen molar-refractivity contribution in [3.05, 3.63) is 68.8 Å². The molecule has 1 aliphatic heterocycles. The topological polar surface area (TPSA) is 191 Å². The van der Waals surface area contributed by atoms with Crippen molar-refractivity contribution in [3.63, 3.8) is 0 Å². The van der Waals surface area contributed by atoms with Gasteiger partial charge in [0.1, 0.15) is 5.71 Å². The van der Waals surface area contributed by atoms with Crippen LogP contribution in [0, 0.1) is 26.1 Å². The van der Waals surface area contributed by atoms with Gasteiger partial charge in [-0.1, -0.05) is 12.1 Å². The standard InChI is InChI=1S/C17H12N6O7/c18-20-14-13(15(24)19-9-3-1-5-11(7-9)22(27)28)16(25)21(17(14)26)10-4-2-6-12(8-10)23(29)30/h1-8,13H,18H2,(H,19,24)/b20-14+. The van der Waals surface area contributed by atoms with Crippen LogP contribution in [-0.4, -0.2) is 33.3 Å². The average molecular weight is 412 g/mol. The molecule has 0 aromatic heterocycles. The van der Waals surface area contributed by atoms with Crippen molar-refractivity contribution in [3.8, 4) is 0 Å². The highest BCUT2D eigenvalue weighted by Crippen LogP contribution is 2.29. The number of nitro groups is 2. The second-order valence-corrected chi connectivity index (χ2v) is 6.00. The van der Waals surface area contributed by atoms with E-state index in [4.69, 9.17) is 5.84 Å². The van der Waals surface area contributed by atoms with Gasteiger partial charge in [0.2, 0.25) is 5.91 Å². The molecule has 3 rings (SSSR count). The molecule has 2 aromatic carbocycles. The second kappa shape index (κ2) is 7.75. The van der Waals surface area contributed by atoms with Crippen LogP contribution in [0.2, 0.25) is 0 Å². The number of hydrogen-bond acceptors (Lipinski definition) is 9. The Labute approximate surface area is 167 Å². The molecule has 1 fully saturated rings. The number of benzene rings is 2. The first-order valence-electron chi connectivity index (χ1n) is 8.20. The predicted octanol–water partition coefficient (Wildman–Crippen LogP) is 0.946. The predicted molar refractivity (Wildman–Crippen MR) is 102 cm³/mol. The lowest BCUT2D eigenvalue weighted by Gasteiger charge is -2.14. The Hall–Kier alpha value is -4.68. The van der Waals surface area contributed by atoms with Gasteiger partial charge >= 0.3 is 0 Å². The number of rotatable bonds is 5. The second-order valence-electron chi connectivity index (χ2n) is 6.00. The fourth-order valence-electron chi connectivity index (χ4n) is 2.85. The number of nitrogens with zero attached hydrogens (tertiary/aromatic N) is 4.